The Bertz CT molecular complexity index is 680. The highest BCUT2D eigenvalue weighted by Gasteiger charge is 2.30. The lowest BCUT2D eigenvalue weighted by Gasteiger charge is -2.07. The lowest BCUT2D eigenvalue weighted by atomic mass is 10.2. The predicted molar refractivity (Wildman–Crippen MR) is 73.6 cm³/mol. The first-order chi connectivity index (χ1) is 9.56. The molecule has 1 heterocycles. The summed E-state index contributed by atoms with van der Waals surface area (Å²) < 4.78 is 1.72. The maximum absolute atomic E-state index is 10.7. The van der Waals surface area contributed by atoms with Gasteiger partial charge >= 0.3 is 0 Å². The van der Waals surface area contributed by atoms with Gasteiger partial charge in [-0.1, -0.05) is 16.8 Å². The molecule has 2 aromatic rings. The molecule has 20 heavy (non-hydrogen) atoms. The molecule has 104 valence electrons. The number of rotatable bonds is 4. The fourth-order valence-electron chi connectivity index (χ4n) is 2.17. The number of nitrogens with two attached hydrogens (primary N) is 1. The Morgan fingerprint density at radius 1 is 1.50 bits per heavy atom. The largest absolute Gasteiger partial charge is 0.381 e. The van der Waals surface area contributed by atoms with Crippen LogP contribution in [0.1, 0.15) is 30.0 Å². The van der Waals surface area contributed by atoms with Crippen molar-refractivity contribution in [3.63, 3.8) is 0 Å². The smallest absolute Gasteiger partial charge is 0.270 e. The third kappa shape index (κ3) is 2.32. The molecule has 1 aliphatic rings. The summed E-state index contributed by atoms with van der Waals surface area (Å²) in [6.07, 6.45) is 2.18. The van der Waals surface area contributed by atoms with Crippen LogP contribution in [-0.2, 0) is 6.54 Å². The zero-order valence-electron chi connectivity index (χ0n) is 10.5. The van der Waals surface area contributed by atoms with Crippen molar-refractivity contribution in [3.05, 3.63) is 44.6 Å². The van der Waals surface area contributed by atoms with Crippen LogP contribution in [0, 0.1) is 10.1 Å². The normalized spacial score (nSPS) is 14.4. The zero-order chi connectivity index (χ0) is 14.3. The number of aromatic nitrogens is 3. The van der Waals surface area contributed by atoms with E-state index >= 15 is 0 Å². The van der Waals surface area contributed by atoms with Crippen molar-refractivity contribution in [2.45, 2.75) is 25.3 Å². The molecular formula is C12H12ClN5O2. The first-order valence-electron chi connectivity index (χ1n) is 6.18. The predicted octanol–water partition coefficient (Wildman–Crippen LogP) is 2.35. The van der Waals surface area contributed by atoms with Crippen LogP contribution in [0.4, 0.5) is 11.5 Å². The Balaban J connectivity index is 1.90. The van der Waals surface area contributed by atoms with E-state index in [2.05, 4.69) is 10.3 Å². The number of anilines is 1. The second kappa shape index (κ2) is 4.75. The molecule has 1 saturated carbocycles. The number of halogens is 1. The van der Waals surface area contributed by atoms with Crippen molar-refractivity contribution < 1.29 is 4.92 Å². The Hall–Kier alpha value is -2.15. The van der Waals surface area contributed by atoms with Gasteiger partial charge < -0.3 is 5.73 Å². The van der Waals surface area contributed by atoms with Crippen molar-refractivity contribution in [2.24, 2.45) is 0 Å². The van der Waals surface area contributed by atoms with Gasteiger partial charge in [0.2, 0.25) is 0 Å². The molecule has 0 spiro atoms. The lowest BCUT2D eigenvalue weighted by molar-refractivity contribution is -0.384. The van der Waals surface area contributed by atoms with Crippen LogP contribution in [0.5, 0.6) is 0 Å². The van der Waals surface area contributed by atoms with Crippen molar-refractivity contribution >= 4 is 23.1 Å². The molecule has 1 aromatic heterocycles. The van der Waals surface area contributed by atoms with E-state index in [1.165, 1.54) is 12.1 Å². The lowest BCUT2D eigenvalue weighted by Crippen LogP contribution is -2.07. The van der Waals surface area contributed by atoms with Gasteiger partial charge in [-0.05, 0) is 24.5 Å². The summed E-state index contributed by atoms with van der Waals surface area (Å²) in [5, 5.41) is 18.9. The van der Waals surface area contributed by atoms with Gasteiger partial charge in [0.25, 0.3) is 5.69 Å². The van der Waals surface area contributed by atoms with Gasteiger partial charge in [0.1, 0.15) is 0 Å². The van der Waals surface area contributed by atoms with Gasteiger partial charge in [0, 0.05) is 18.1 Å². The van der Waals surface area contributed by atoms with Crippen LogP contribution in [0.25, 0.3) is 0 Å². The number of non-ortho nitro benzene ring substituents is 1. The van der Waals surface area contributed by atoms with Gasteiger partial charge in [-0.25, -0.2) is 4.68 Å². The van der Waals surface area contributed by atoms with E-state index in [-0.39, 0.29) is 5.69 Å². The summed E-state index contributed by atoms with van der Waals surface area (Å²) in [6, 6.07) is 4.40. The van der Waals surface area contributed by atoms with Crippen LogP contribution < -0.4 is 5.73 Å². The molecule has 2 N–H and O–H groups in total. The minimum Gasteiger partial charge on any atom is -0.381 e. The van der Waals surface area contributed by atoms with Crippen molar-refractivity contribution in [1.29, 1.82) is 0 Å². The maximum Gasteiger partial charge on any atom is 0.270 e. The minimum absolute atomic E-state index is 0.0285. The maximum atomic E-state index is 10.7. The molecule has 1 fully saturated rings. The summed E-state index contributed by atoms with van der Waals surface area (Å²) in [5.41, 5.74) is 7.48. The molecule has 0 radical (unpaired) electrons. The molecule has 0 aliphatic heterocycles. The monoisotopic (exact) mass is 293 g/mol. The number of hydrogen-bond acceptors (Lipinski definition) is 5. The second-order valence-corrected chi connectivity index (χ2v) is 5.23. The van der Waals surface area contributed by atoms with E-state index in [1.54, 1.807) is 10.7 Å². The topological polar surface area (TPSA) is 99.9 Å². The summed E-state index contributed by atoms with van der Waals surface area (Å²) in [7, 11) is 0. The fraction of sp³-hybridized carbons (Fsp3) is 0.333. The van der Waals surface area contributed by atoms with E-state index in [4.69, 9.17) is 17.3 Å². The molecule has 0 unspecified atom stereocenters. The van der Waals surface area contributed by atoms with E-state index in [1.807, 2.05) is 0 Å². The van der Waals surface area contributed by atoms with E-state index in [9.17, 15) is 10.1 Å². The number of hydrogen-bond donors (Lipinski definition) is 1. The molecular weight excluding hydrogens is 282 g/mol. The van der Waals surface area contributed by atoms with E-state index < -0.39 is 4.92 Å². The molecule has 0 amide bonds. The molecule has 3 rings (SSSR count). The number of nitrogens with zero attached hydrogens (tertiary/aromatic N) is 4. The standard InChI is InChI=1S/C12H12ClN5O2/c13-10-5-9(18(19)20)4-3-8(10)6-17-11(7-1-2-7)12(14)15-16-17/h3-5,7H,1-2,6,14H2. The second-order valence-electron chi connectivity index (χ2n) is 4.82. The minimum atomic E-state index is -0.473. The van der Waals surface area contributed by atoms with Crippen molar-refractivity contribution in [1.82, 2.24) is 15.0 Å². The third-order valence-corrected chi connectivity index (χ3v) is 3.68. The molecule has 0 bridgehead atoms. The van der Waals surface area contributed by atoms with Gasteiger partial charge in [0.05, 0.1) is 22.2 Å². The van der Waals surface area contributed by atoms with Crippen LogP contribution in [-0.4, -0.2) is 19.9 Å². The average molecular weight is 294 g/mol. The van der Waals surface area contributed by atoms with E-state index in [0.717, 1.165) is 24.1 Å². The molecule has 1 aliphatic carbocycles. The summed E-state index contributed by atoms with van der Waals surface area (Å²) in [5.74, 6) is 0.868. The number of nitro benzene ring substituents is 1. The molecule has 7 nitrogen and oxygen atoms in total. The van der Waals surface area contributed by atoms with E-state index in [0.29, 0.717) is 23.3 Å². The van der Waals surface area contributed by atoms with Gasteiger partial charge in [-0.15, -0.1) is 5.10 Å². The van der Waals surface area contributed by atoms with Gasteiger partial charge in [0.15, 0.2) is 5.82 Å². The van der Waals surface area contributed by atoms with Crippen LogP contribution in [0.3, 0.4) is 0 Å². The Labute approximate surface area is 119 Å². The molecule has 0 saturated heterocycles. The summed E-state index contributed by atoms with van der Waals surface area (Å²) >= 11 is 6.08. The highest BCUT2D eigenvalue weighted by molar-refractivity contribution is 6.31. The molecule has 0 atom stereocenters. The highest BCUT2D eigenvalue weighted by atomic mass is 35.5. The quantitative estimate of drug-likeness (QED) is 0.689. The highest BCUT2D eigenvalue weighted by Crippen LogP contribution is 2.42. The SMILES string of the molecule is Nc1nnn(Cc2ccc([N+](=O)[O-])cc2Cl)c1C1CC1. The van der Waals surface area contributed by atoms with Gasteiger partial charge in [-0.3, -0.25) is 10.1 Å². The average Bonchev–Trinajstić information content (AvgIpc) is 3.17. The summed E-state index contributed by atoms with van der Waals surface area (Å²) in [6.45, 7) is 0.410. The van der Waals surface area contributed by atoms with Crippen molar-refractivity contribution in [2.75, 3.05) is 5.73 Å². The molecule has 8 heteroatoms. The van der Waals surface area contributed by atoms with Gasteiger partial charge in [-0.2, -0.15) is 0 Å². The Kier molecular flexibility index (Phi) is 3.06. The Morgan fingerprint density at radius 2 is 2.25 bits per heavy atom. The van der Waals surface area contributed by atoms with Crippen LogP contribution >= 0.6 is 11.6 Å². The van der Waals surface area contributed by atoms with Crippen LogP contribution in [0.2, 0.25) is 5.02 Å². The van der Waals surface area contributed by atoms with Crippen molar-refractivity contribution in [3.8, 4) is 0 Å². The number of benzene rings is 1. The first kappa shape index (κ1) is 12.9. The molecule has 1 aromatic carbocycles. The van der Waals surface area contributed by atoms with Crippen LogP contribution in [0.15, 0.2) is 18.2 Å². The number of nitrogen functional groups attached to an aromatic ring is 1. The zero-order valence-corrected chi connectivity index (χ0v) is 11.2. The fourth-order valence-corrected chi connectivity index (χ4v) is 2.40. The summed E-state index contributed by atoms with van der Waals surface area (Å²) in [4.78, 5) is 10.2. The third-order valence-electron chi connectivity index (χ3n) is 3.33. The number of nitro groups is 1. The Morgan fingerprint density at radius 3 is 2.85 bits per heavy atom. The first-order valence-corrected chi connectivity index (χ1v) is 6.55.